The smallest absolute Gasteiger partial charge is 0.152 e. The van der Waals surface area contributed by atoms with E-state index in [1.807, 2.05) is 12.1 Å². The van der Waals surface area contributed by atoms with Crippen LogP contribution in [-0.4, -0.2) is 20.6 Å². The lowest BCUT2D eigenvalue weighted by Gasteiger charge is -2.24. The standard InChI is InChI=1S/C17H12BrN5O2/c1-17(2,3)10-6-12-16(23-25-21-12)14(18)13(10)8-4-9(7-19)15-11(5-8)20-24-22-15/h4-6H,1-3H3. The normalized spacial score (nSPS) is 12.0. The van der Waals surface area contributed by atoms with Gasteiger partial charge < -0.3 is 0 Å². The number of rotatable bonds is 1. The molecule has 0 N–H and O–H groups in total. The van der Waals surface area contributed by atoms with E-state index < -0.39 is 0 Å². The van der Waals surface area contributed by atoms with Crippen LogP contribution in [0.25, 0.3) is 33.2 Å². The maximum Gasteiger partial charge on any atom is 0.152 e. The van der Waals surface area contributed by atoms with Crippen molar-refractivity contribution >= 4 is 38.0 Å². The third-order valence-corrected chi connectivity index (χ3v) is 4.84. The molecule has 0 aliphatic carbocycles. The molecule has 8 heteroatoms. The highest BCUT2D eigenvalue weighted by atomic mass is 79.9. The number of nitrogens with zero attached hydrogens (tertiary/aromatic N) is 5. The molecule has 0 radical (unpaired) electrons. The van der Waals surface area contributed by atoms with Crippen LogP contribution in [0.4, 0.5) is 0 Å². The zero-order chi connectivity index (χ0) is 17.8. The molecule has 0 saturated heterocycles. The number of halogens is 1. The van der Waals surface area contributed by atoms with Gasteiger partial charge in [0, 0.05) is 5.56 Å². The predicted octanol–water partition coefficient (Wildman–Crippen LogP) is 4.36. The molecule has 2 heterocycles. The van der Waals surface area contributed by atoms with Gasteiger partial charge in [0.25, 0.3) is 0 Å². The lowest BCUT2D eigenvalue weighted by atomic mass is 9.81. The Morgan fingerprint density at radius 2 is 1.60 bits per heavy atom. The Balaban J connectivity index is 2.13. The first kappa shape index (κ1) is 15.7. The first-order valence-electron chi connectivity index (χ1n) is 7.52. The van der Waals surface area contributed by atoms with Crippen LogP contribution in [0.2, 0.25) is 0 Å². The SMILES string of the molecule is CC(C)(C)c1cc2nonc2c(Br)c1-c1cc(C#N)c2nonc2c1. The van der Waals surface area contributed by atoms with Crippen molar-refractivity contribution < 1.29 is 9.26 Å². The van der Waals surface area contributed by atoms with E-state index >= 15 is 0 Å². The Hall–Kier alpha value is -2.79. The quantitative estimate of drug-likeness (QED) is 0.470. The number of benzene rings is 2. The number of aromatic nitrogens is 4. The Labute approximate surface area is 150 Å². The maximum absolute atomic E-state index is 9.45. The summed E-state index contributed by atoms with van der Waals surface area (Å²) in [4.78, 5) is 0. The van der Waals surface area contributed by atoms with Gasteiger partial charge in [0.1, 0.15) is 22.6 Å². The molecule has 0 saturated carbocycles. The predicted molar refractivity (Wildman–Crippen MR) is 93.7 cm³/mol. The van der Waals surface area contributed by atoms with Crippen LogP contribution < -0.4 is 0 Å². The van der Waals surface area contributed by atoms with E-state index in [9.17, 15) is 5.26 Å². The highest BCUT2D eigenvalue weighted by molar-refractivity contribution is 9.10. The second-order valence-electron chi connectivity index (χ2n) is 6.76. The van der Waals surface area contributed by atoms with E-state index in [0.29, 0.717) is 27.6 Å². The van der Waals surface area contributed by atoms with E-state index in [4.69, 9.17) is 9.26 Å². The van der Waals surface area contributed by atoms with Gasteiger partial charge in [0.15, 0.2) is 5.52 Å². The monoisotopic (exact) mass is 397 g/mol. The van der Waals surface area contributed by atoms with Crippen LogP contribution in [0.1, 0.15) is 31.9 Å². The second kappa shape index (κ2) is 5.36. The van der Waals surface area contributed by atoms with Gasteiger partial charge in [-0.3, -0.25) is 0 Å². The molecule has 7 nitrogen and oxygen atoms in total. The fourth-order valence-corrected chi connectivity index (χ4v) is 3.60. The molecule has 0 aliphatic heterocycles. The molecule has 0 aliphatic rings. The highest BCUT2D eigenvalue weighted by Crippen LogP contribution is 2.42. The maximum atomic E-state index is 9.45. The topological polar surface area (TPSA) is 102 Å². The van der Waals surface area contributed by atoms with Crippen molar-refractivity contribution in [1.29, 1.82) is 5.26 Å². The molecule has 25 heavy (non-hydrogen) atoms. The molecule has 2 aromatic carbocycles. The summed E-state index contributed by atoms with van der Waals surface area (Å²) < 4.78 is 10.4. The van der Waals surface area contributed by atoms with E-state index in [0.717, 1.165) is 21.2 Å². The minimum absolute atomic E-state index is 0.172. The van der Waals surface area contributed by atoms with Crippen molar-refractivity contribution in [1.82, 2.24) is 20.6 Å². The Kier molecular flexibility index (Phi) is 3.37. The van der Waals surface area contributed by atoms with E-state index in [-0.39, 0.29) is 5.41 Å². The summed E-state index contributed by atoms with van der Waals surface area (Å²) in [6, 6.07) is 7.74. The molecular formula is C17H12BrN5O2. The van der Waals surface area contributed by atoms with Crippen LogP contribution in [0.3, 0.4) is 0 Å². The lowest BCUT2D eigenvalue weighted by Crippen LogP contribution is -2.13. The minimum atomic E-state index is -0.172. The summed E-state index contributed by atoms with van der Waals surface area (Å²) in [5, 5.41) is 25.1. The fourth-order valence-electron chi connectivity index (χ4n) is 2.88. The van der Waals surface area contributed by atoms with E-state index in [1.54, 1.807) is 6.07 Å². The molecule has 0 fully saturated rings. The first-order chi connectivity index (χ1) is 11.9. The molecule has 0 atom stereocenters. The van der Waals surface area contributed by atoms with Crippen molar-refractivity contribution in [3.05, 3.63) is 33.8 Å². The summed E-state index contributed by atoms with van der Waals surface area (Å²) in [5.41, 5.74) is 5.28. The summed E-state index contributed by atoms with van der Waals surface area (Å²) >= 11 is 3.64. The van der Waals surface area contributed by atoms with Crippen molar-refractivity contribution in [2.45, 2.75) is 26.2 Å². The van der Waals surface area contributed by atoms with E-state index in [1.165, 1.54) is 0 Å². The second-order valence-corrected chi connectivity index (χ2v) is 7.56. The fraction of sp³-hybridized carbons (Fsp3) is 0.235. The third-order valence-electron chi connectivity index (χ3n) is 4.07. The van der Waals surface area contributed by atoms with Crippen molar-refractivity contribution in [3.63, 3.8) is 0 Å². The molecule has 0 spiro atoms. The largest absolute Gasteiger partial charge is 0.243 e. The van der Waals surface area contributed by atoms with Crippen LogP contribution >= 0.6 is 15.9 Å². The average Bonchev–Trinajstić information content (AvgIpc) is 3.21. The lowest BCUT2D eigenvalue weighted by molar-refractivity contribution is 0.315. The van der Waals surface area contributed by atoms with Gasteiger partial charge in [-0.05, 0) is 71.3 Å². The average molecular weight is 398 g/mol. The highest BCUT2D eigenvalue weighted by Gasteiger charge is 2.25. The number of hydrogen-bond donors (Lipinski definition) is 0. The Morgan fingerprint density at radius 1 is 0.960 bits per heavy atom. The molecule has 0 bridgehead atoms. The molecular weight excluding hydrogens is 386 g/mol. The third kappa shape index (κ3) is 2.39. The summed E-state index contributed by atoms with van der Waals surface area (Å²) in [6.45, 7) is 6.33. The van der Waals surface area contributed by atoms with Crippen LogP contribution in [0.15, 0.2) is 31.9 Å². The van der Waals surface area contributed by atoms with Crippen LogP contribution in [-0.2, 0) is 5.41 Å². The molecule has 0 amide bonds. The van der Waals surface area contributed by atoms with Crippen LogP contribution in [0, 0.1) is 11.3 Å². The number of hydrogen-bond acceptors (Lipinski definition) is 7. The summed E-state index contributed by atoms with van der Waals surface area (Å²) in [6.07, 6.45) is 0. The minimum Gasteiger partial charge on any atom is -0.243 e. The van der Waals surface area contributed by atoms with Gasteiger partial charge >= 0.3 is 0 Å². The van der Waals surface area contributed by atoms with Gasteiger partial charge in [0.05, 0.1) is 10.0 Å². The Bertz CT molecular complexity index is 1160. The van der Waals surface area contributed by atoms with Crippen molar-refractivity contribution in [2.75, 3.05) is 0 Å². The summed E-state index contributed by atoms with van der Waals surface area (Å²) in [7, 11) is 0. The molecule has 4 aromatic rings. The van der Waals surface area contributed by atoms with Gasteiger partial charge in [-0.15, -0.1) is 0 Å². The van der Waals surface area contributed by atoms with Gasteiger partial charge in [-0.25, -0.2) is 9.26 Å². The van der Waals surface area contributed by atoms with Crippen LogP contribution in [0.5, 0.6) is 0 Å². The van der Waals surface area contributed by atoms with Gasteiger partial charge in [0.2, 0.25) is 0 Å². The molecule has 0 unspecified atom stereocenters. The van der Waals surface area contributed by atoms with Gasteiger partial charge in [-0.1, -0.05) is 20.8 Å². The molecule has 4 rings (SSSR count). The number of fused-ring (bicyclic) bond motifs is 2. The zero-order valence-corrected chi connectivity index (χ0v) is 15.2. The molecule has 124 valence electrons. The van der Waals surface area contributed by atoms with Crippen molar-refractivity contribution in [2.24, 2.45) is 0 Å². The molecule has 2 aromatic heterocycles. The van der Waals surface area contributed by atoms with Gasteiger partial charge in [-0.2, -0.15) is 5.26 Å². The first-order valence-corrected chi connectivity index (χ1v) is 8.31. The Morgan fingerprint density at radius 3 is 2.24 bits per heavy atom. The van der Waals surface area contributed by atoms with Crippen molar-refractivity contribution in [3.8, 4) is 17.2 Å². The van der Waals surface area contributed by atoms with E-state index in [2.05, 4.69) is 63.4 Å². The summed E-state index contributed by atoms with van der Waals surface area (Å²) in [5.74, 6) is 0. The number of nitriles is 1. The zero-order valence-electron chi connectivity index (χ0n) is 13.7.